The molecule has 1 aromatic rings. The summed E-state index contributed by atoms with van der Waals surface area (Å²) in [7, 11) is 0. The quantitative estimate of drug-likeness (QED) is 0.728. The fraction of sp³-hybridized carbons (Fsp3) is 0.600. The highest BCUT2D eigenvalue weighted by molar-refractivity contribution is 6.42. The second-order valence-electron chi connectivity index (χ2n) is 7.35. The highest BCUT2D eigenvalue weighted by Gasteiger charge is 2.28. The number of nitrogens with zero attached hydrogens (tertiary/aromatic N) is 1. The van der Waals surface area contributed by atoms with Gasteiger partial charge in [0, 0.05) is 25.0 Å². The first-order chi connectivity index (χ1) is 12.8. The van der Waals surface area contributed by atoms with Gasteiger partial charge in [-0.15, -0.1) is 0 Å². The van der Waals surface area contributed by atoms with Crippen LogP contribution in [0.1, 0.15) is 40.0 Å². The highest BCUT2D eigenvalue weighted by atomic mass is 35.5. The first-order valence-corrected chi connectivity index (χ1v) is 10.2. The van der Waals surface area contributed by atoms with Gasteiger partial charge in [-0.1, -0.05) is 43.1 Å². The number of nitrogens with one attached hydrogen (secondary N) is 1. The maximum Gasteiger partial charge on any atom is 0.225 e. The monoisotopic (exact) mass is 414 g/mol. The predicted octanol–water partition coefficient (Wildman–Crippen LogP) is 4.16. The second-order valence-corrected chi connectivity index (χ2v) is 8.13. The van der Waals surface area contributed by atoms with Crippen molar-refractivity contribution in [2.75, 3.05) is 19.7 Å². The Kier molecular flexibility index (Phi) is 8.24. The van der Waals surface area contributed by atoms with E-state index >= 15 is 0 Å². The number of benzene rings is 1. The molecule has 0 saturated carbocycles. The molecule has 0 aliphatic carbocycles. The Hall–Kier alpha value is -1.46. The Bertz CT molecular complexity index is 659. The molecule has 1 aromatic carbocycles. The third-order valence-electron chi connectivity index (χ3n) is 5.08. The molecule has 1 fully saturated rings. The van der Waals surface area contributed by atoms with Gasteiger partial charge in [0.25, 0.3) is 0 Å². The lowest BCUT2D eigenvalue weighted by atomic mass is 9.94. The van der Waals surface area contributed by atoms with Gasteiger partial charge < -0.3 is 15.0 Å². The number of halogens is 2. The van der Waals surface area contributed by atoms with Crippen LogP contribution in [0.2, 0.25) is 10.0 Å². The summed E-state index contributed by atoms with van der Waals surface area (Å²) in [5.41, 5.74) is 0. The number of likely N-dealkylation sites (tertiary alicyclic amines) is 1. The fourth-order valence-electron chi connectivity index (χ4n) is 2.90. The summed E-state index contributed by atoms with van der Waals surface area (Å²) >= 11 is 12.0. The van der Waals surface area contributed by atoms with Gasteiger partial charge in [-0.3, -0.25) is 9.59 Å². The molecule has 1 unspecified atom stereocenters. The summed E-state index contributed by atoms with van der Waals surface area (Å²) in [6.45, 7) is 7.64. The summed E-state index contributed by atoms with van der Waals surface area (Å²) in [5, 5.41) is 3.85. The summed E-state index contributed by atoms with van der Waals surface area (Å²) in [5.74, 6) is 0.997. The molecule has 0 bridgehead atoms. The SMILES string of the molecule is CC(C)C(C)NC(=O)C1CCN(C(=O)CCOc2cccc(Cl)c2Cl)CC1. The highest BCUT2D eigenvalue weighted by Crippen LogP contribution is 2.31. The Morgan fingerprint density at radius 2 is 1.89 bits per heavy atom. The Morgan fingerprint density at radius 1 is 1.22 bits per heavy atom. The number of carbonyl (C=O) groups excluding carboxylic acids is 2. The lowest BCUT2D eigenvalue weighted by molar-refractivity contribution is -0.136. The van der Waals surface area contributed by atoms with Gasteiger partial charge in [-0.2, -0.15) is 0 Å². The van der Waals surface area contributed by atoms with E-state index in [4.69, 9.17) is 27.9 Å². The van der Waals surface area contributed by atoms with Gasteiger partial charge in [0.2, 0.25) is 11.8 Å². The van der Waals surface area contributed by atoms with Crippen LogP contribution in [0.25, 0.3) is 0 Å². The molecule has 0 aromatic heterocycles. The molecule has 2 rings (SSSR count). The molecule has 1 aliphatic heterocycles. The molecule has 1 atom stereocenters. The van der Waals surface area contributed by atoms with E-state index in [-0.39, 0.29) is 36.8 Å². The van der Waals surface area contributed by atoms with E-state index < -0.39 is 0 Å². The van der Waals surface area contributed by atoms with Crippen molar-refractivity contribution < 1.29 is 14.3 Å². The van der Waals surface area contributed by atoms with Crippen LogP contribution in [-0.2, 0) is 9.59 Å². The Labute approximate surface area is 171 Å². The molecule has 1 aliphatic rings. The van der Waals surface area contributed by atoms with E-state index in [9.17, 15) is 9.59 Å². The Balaban J connectivity index is 1.73. The molecule has 150 valence electrons. The molecule has 1 saturated heterocycles. The summed E-state index contributed by atoms with van der Waals surface area (Å²) in [6.07, 6.45) is 1.66. The van der Waals surface area contributed by atoms with E-state index in [1.54, 1.807) is 23.1 Å². The number of rotatable bonds is 7. The van der Waals surface area contributed by atoms with E-state index in [0.717, 1.165) is 0 Å². The minimum absolute atomic E-state index is 0.0169. The van der Waals surface area contributed by atoms with Crippen LogP contribution in [0.5, 0.6) is 5.75 Å². The van der Waals surface area contributed by atoms with Crippen LogP contribution < -0.4 is 10.1 Å². The van der Waals surface area contributed by atoms with E-state index in [1.165, 1.54) is 0 Å². The molecule has 7 heteroatoms. The maximum atomic E-state index is 12.4. The summed E-state index contributed by atoms with van der Waals surface area (Å²) in [6, 6.07) is 5.32. The zero-order chi connectivity index (χ0) is 20.0. The molecular formula is C20H28Cl2N2O3. The minimum atomic E-state index is -0.0169. The van der Waals surface area contributed by atoms with Crippen LogP contribution in [0.3, 0.4) is 0 Å². The van der Waals surface area contributed by atoms with Crippen molar-refractivity contribution >= 4 is 35.0 Å². The van der Waals surface area contributed by atoms with Gasteiger partial charge in [-0.05, 0) is 37.8 Å². The van der Waals surface area contributed by atoms with Gasteiger partial charge in [0.05, 0.1) is 18.1 Å². The van der Waals surface area contributed by atoms with Crippen LogP contribution in [0.15, 0.2) is 18.2 Å². The van der Waals surface area contributed by atoms with Crippen molar-refractivity contribution in [1.82, 2.24) is 10.2 Å². The van der Waals surface area contributed by atoms with Crippen molar-refractivity contribution in [3.63, 3.8) is 0 Å². The van der Waals surface area contributed by atoms with Gasteiger partial charge in [-0.25, -0.2) is 0 Å². The first kappa shape index (κ1) is 21.8. The number of carbonyl (C=O) groups is 2. The third-order valence-corrected chi connectivity index (χ3v) is 5.88. The van der Waals surface area contributed by atoms with Crippen molar-refractivity contribution in [3.05, 3.63) is 28.2 Å². The lowest BCUT2D eigenvalue weighted by Crippen LogP contribution is -2.46. The first-order valence-electron chi connectivity index (χ1n) is 9.44. The molecule has 27 heavy (non-hydrogen) atoms. The number of piperidine rings is 1. The molecule has 0 spiro atoms. The molecule has 5 nitrogen and oxygen atoms in total. The van der Waals surface area contributed by atoms with Gasteiger partial charge >= 0.3 is 0 Å². The van der Waals surface area contributed by atoms with Gasteiger partial charge in [0.1, 0.15) is 10.8 Å². The topological polar surface area (TPSA) is 58.6 Å². The predicted molar refractivity (Wildman–Crippen MR) is 108 cm³/mol. The third kappa shape index (κ3) is 6.28. The largest absolute Gasteiger partial charge is 0.491 e. The van der Waals surface area contributed by atoms with Crippen LogP contribution in [0, 0.1) is 11.8 Å². The molecule has 0 radical (unpaired) electrons. The summed E-state index contributed by atoms with van der Waals surface area (Å²) < 4.78 is 5.58. The average molecular weight is 415 g/mol. The number of hydrogen-bond acceptors (Lipinski definition) is 3. The lowest BCUT2D eigenvalue weighted by Gasteiger charge is -2.32. The average Bonchev–Trinajstić information content (AvgIpc) is 2.65. The van der Waals surface area contributed by atoms with Crippen LogP contribution >= 0.6 is 23.2 Å². The van der Waals surface area contributed by atoms with Gasteiger partial charge in [0.15, 0.2) is 0 Å². The maximum absolute atomic E-state index is 12.4. The summed E-state index contributed by atoms with van der Waals surface area (Å²) in [4.78, 5) is 26.5. The van der Waals surface area contributed by atoms with Crippen molar-refractivity contribution in [3.8, 4) is 5.75 Å². The normalized spacial score (nSPS) is 16.3. The smallest absolute Gasteiger partial charge is 0.225 e. The zero-order valence-corrected chi connectivity index (χ0v) is 17.6. The van der Waals surface area contributed by atoms with Crippen LogP contribution in [-0.4, -0.2) is 42.5 Å². The molecule has 1 N–H and O–H groups in total. The van der Waals surface area contributed by atoms with Crippen molar-refractivity contribution in [2.24, 2.45) is 11.8 Å². The standard InChI is InChI=1S/C20H28Cl2N2O3/c1-13(2)14(3)23-20(26)15-7-10-24(11-8-15)18(25)9-12-27-17-6-4-5-16(21)19(17)22/h4-6,13-15H,7-12H2,1-3H3,(H,23,26). The molecule has 2 amide bonds. The van der Waals surface area contributed by atoms with E-state index in [1.807, 2.05) is 6.92 Å². The van der Waals surface area contributed by atoms with E-state index in [0.29, 0.717) is 47.6 Å². The zero-order valence-electron chi connectivity index (χ0n) is 16.1. The second kappa shape index (κ2) is 10.2. The minimum Gasteiger partial charge on any atom is -0.491 e. The Morgan fingerprint density at radius 3 is 2.52 bits per heavy atom. The van der Waals surface area contributed by atoms with Crippen LogP contribution in [0.4, 0.5) is 0 Å². The molecule has 1 heterocycles. The van der Waals surface area contributed by atoms with Crippen molar-refractivity contribution in [1.29, 1.82) is 0 Å². The molecular weight excluding hydrogens is 387 g/mol. The number of hydrogen-bond donors (Lipinski definition) is 1. The van der Waals surface area contributed by atoms with Crippen molar-refractivity contribution in [2.45, 2.75) is 46.1 Å². The number of ether oxygens (including phenoxy) is 1. The van der Waals surface area contributed by atoms with E-state index in [2.05, 4.69) is 19.2 Å². The number of amides is 2. The fourth-order valence-corrected chi connectivity index (χ4v) is 3.25.